The summed E-state index contributed by atoms with van der Waals surface area (Å²) in [5, 5.41) is 51.9. The first-order valence-corrected chi connectivity index (χ1v) is 12.0. The number of hydrogen-bond acceptors (Lipinski definition) is 8. The Morgan fingerprint density at radius 1 is 0.868 bits per heavy atom. The standard InChI is InChI=1S/C28H29NO9/c30-15-22-23(31)24(32)25(33)28(38-22)37-21-9-5-4-8-19(21)17-10-12-18(13-11-17)26(34)29-20(27(35)36)14-16-6-2-1-3-7-16/h1-13,20,22-25,28,30-33H,14-15H2,(H,29,34)(H,35,36)/t20-,22-,23-,24+,25+,28+/m1/s1. The molecule has 1 aliphatic rings. The van der Waals surface area contributed by atoms with Gasteiger partial charge in [0.1, 0.15) is 36.2 Å². The van der Waals surface area contributed by atoms with Crippen LogP contribution in [0.25, 0.3) is 11.1 Å². The minimum atomic E-state index is -1.58. The Hall–Kier alpha value is -3.80. The van der Waals surface area contributed by atoms with Gasteiger partial charge in [-0.15, -0.1) is 0 Å². The first-order chi connectivity index (χ1) is 18.3. The van der Waals surface area contributed by atoms with Crippen LogP contribution in [0.4, 0.5) is 0 Å². The third kappa shape index (κ3) is 6.18. The molecule has 3 aromatic rings. The zero-order valence-corrected chi connectivity index (χ0v) is 20.3. The van der Waals surface area contributed by atoms with E-state index in [0.717, 1.165) is 5.56 Å². The highest BCUT2D eigenvalue weighted by molar-refractivity contribution is 5.97. The fraction of sp³-hybridized carbons (Fsp3) is 0.286. The predicted molar refractivity (Wildman–Crippen MR) is 135 cm³/mol. The molecule has 0 bridgehead atoms. The van der Waals surface area contributed by atoms with Gasteiger partial charge >= 0.3 is 5.97 Å². The molecule has 3 aromatic carbocycles. The molecular formula is C28H29NO9. The number of rotatable bonds is 9. The van der Waals surface area contributed by atoms with Crippen molar-refractivity contribution in [3.8, 4) is 16.9 Å². The third-order valence-corrected chi connectivity index (χ3v) is 6.32. The van der Waals surface area contributed by atoms with Crippen LogP contribution in [0.2, 0.25) is 0 Å². The maximum Gasteiger partial charge on any atom is 0.326 e. The fourth-order valence-electron chi connectivity index (χ4n) is 4.19. The zero-order chi connectivity index (χ0) is 27.2. The van der Waals surface area contributed by atoms with E-state index in [0.29, 0.717) is 16.9 Å². The lowest BCUT2D eigenvalue weighted by molar-refractivity contribution is -0.277. The summed E-state index contributed by atoms with van der Waals surface area (Å²) in [6.07, 6.45) is -6.97. The molecule has 0 spiro atoms. The van der Waals surface area contributed by atoms with Gasteiger partial charge in [0.2, 0.25) is 6.29 Å². The maximum absolute atomic E-state index is 12.8. The van der Waals surface area contributed by atoms with Crippen molar-refractivity contribution < 1.29 is 44.6 Å². The Bertz CT molecular complexity index is 1230. The minimum absolute atomic E-state index is 0.142. The molecule has 0 aromatic heterocycles. The van der Waals surface area contributed by atoms with Crippen LogP contribution in [0, 0.1) is 0 Å². The lowest BCUT2D eigenvalue weighted by Crippen LogP contribution is -2.60. The predicted octanol–water partition coefficient (Wildman–Crippen LogP) is 0.958. The second-order valence-corrected chi connectivity index (χ2v) is 8.94. The molecule has 0 radical (unpaired) electrons. The van der Waals surface area contributed by atoms with E-state index in [2.05, 4.69) is 5.32 Å². The van der Waals surface area contributed by atoms with Crippen LogP contribution in [0.15, 0.2) is 78.9 Å². The number of aliphatic hydroxyl groups excluding tert-OH is 4. The van der Waals surface area contributed by atoms with E-state index in [-0.39, 0.29) is 12.0 Å². The van der Waals surface area contributed by atoms with E-state index in [1.54, 1.807) is 72.8 Å². The number of hydrogen-bond donors (Lipinski definition) is 6. The Morgan fingerprint density at radius 2 is 1.53 bits per heavy atom. The first kappa shape index (κ1) is 27.2. The van der Waals surface area contributed by atoms with Gasteiger partial charge in [-0.1, -0.05) is 60.7 Å². The average molecular weight is 524 g/mol. The summed E-state index contributed by atoms with van der Waals surface area (Å²) in [6, 6.07) is 21.2. The summed E-state index contributed by atoms with van der Waals surface area (Å²) < 4.78 is 11.3. The van der Waals surface area contributed by atoms with Crippen molar-refractivity contribution in [2.45, 2.75) is 43.2 Å². The molecule has 1 heterocycles. The molecule has 200 valence electrons. The minimum Gasteiger partial charge on any atom is -0.480 e. The van der Waals surface area contributed by atoms with Gasteiger partial charge in [-0.3, -0.25) is 4.79 Å². The maximum atomic E-state index is 12.8. The summed E-state index contributed by atoms with van der Waals surface area (Å²) in [4.78, 5) is 24.5. The van der Waals surface area contributed by atoms with Crippen molar-refractivity contribution in [3.63, 3.8) is 0 Å². The fourth-order valence-corrected chi connectivity index (χ4v) is 4.19. The molecule has 0 aliphatic carbocycles. The van der Waals surface area contributed by atoms with E-state index in [1.165, 1.54) is 0 Å². The van der Waals surface area contributed by atoms with Crippen LogP contribution in [0.5, 0.6) is 5.75 Å². The smallest absolute Gasteiger partial charge is 0.326 e. The molecule has 0 unspecified atom stereocenters. The third-order valence-electron chi connectivity index (χ3n) is 6.32. The second kappa shape index (κ2) is 12.2. The molecule has 4 rings (SSSR count). The lowest BCUT2D eigenvalue weighted by Gasteiger charge is -2.39. The molecule has 0 saturated carbocycles. The highest BCUT2D eigenvalue weighted by Crippen LogP contribution is 2.33. The molecule has 10 nitrogen and oxygen atoms in total. The largest absolute Gasteiger partial charge is 0.480 e. The molecule has 6 atom stereocenters. The van der Waals surface area contributed by atoms with Gasteiger partial charge in [-0.05, 0) is 29.3 Å². The molecular weight excluding hydrogens is 494 g/mol. The highest BCUT2D eigenvalue weighted by Gasteiger charge is 2.44. The number of amides is 1. The molecule has 38 heavy (non-hydrogen) atoms. The first-order valence-electron chi connectivity index (χ1n) is 12.0. The number of carbonyl (C=O) groups excluding carboxylic acids is 1. The van der Waals surface area contributed by atoms with Gasteiger partial charge in [0.25, 0.3) is 5.91 Å². The van der Waals surface area contributed by atoms with Gasteiger partial charge < -0.3 is 40.3 Å². The molecule has 1 aliphatic heterocycles. The zero-order valence-electron chi connectivity index (χ0n) is 20.3. The van der Waals surface area contributed by atoms with Crippen molar-refractivity contribution >= 4 is 11.9 Å². The van der Waals surface area contributed by atoms with Crippen LogP contribution in [-0.2, 0) is 16.0 Å². The van der Waals surface area contributed by atoms with Crippen molar-refractivity contribution in [2.75, 3.05) is 6.61 Å². The Kier molecular flexibility index (Phi) is 8.72. The summed E-state index contributed by atoms with van der Waals surface area (Å²) >= 11 is 0. The van der Waals surface area contributed by atoms with Gasteiger partial charge in [0.05, 0.1) is 6.61 Å². The number of carboxylic acids is 1. The van der Waals surface area contributed by atoms with Gasteiger partial charge in [0.15, 0.2) is 0 Å². The molecule has 1 saturated heterocycles. The van der Waals surface area contributed by atoms with Crippen molar-refractivity contribution in [1.29, 1.82) is 0 Å². The summed E-state index contributed by atoms with van der Waals surface area (Å²) in [6.45, 7) is -0.579. The average Bonchev–Trinajstić information content (AvgIpc) is 2.94. The summed E-state index contributed by atoms with van der Waals surface area (Å²) in [5.74, 6) is -1.38. The second-order valence-electron chi connectivity index (χ2n) is 8.94. The van der Waals surface area contributed by atoms with E-state index in [1.807, 2.05) is 6.07 Å². The number of carboxylic acid groups (broad SMARTS) is 1. The number of para-hydroxylation sites is 1. The topological polar surface area (TPSA) is 166 Å². The SMILES string of the molecule is O=C(N[C@H](Cc1ccccc1)C(=O)O)c1ccc(-c2ccccc2O[C@H]2O[C@H](CO)[C@@H](O)[C@H](O)[C@@H]2O)cc1. The molecule has 10 heteroatoms. The Morgan fingerprint density at radius 3 is 2.18 bits per heavy atom. The lowest BCUT2D eigenvalue weighted by atomic mass is 9.99. The van der Waals surface area contributed by atoms with Crippen LogP contribution in [0.1, 0.15) is 15.9 Å². The number of ether oxygens (including phenoxy) is 2. The molecule has 1 amide bonds. The van der Waals surface area contributed by atoms with Gasteiger partial charge in [-0.2, -0.15) is 0 Å². The number of benzene rings is 3. The van der Waals surface area contributed by atoms with E-state index >= 15 is 0 Å². The molecule has 1 fully saturated rings. The highest BCUT2D eigenvalue weighted by atomic mass is 16.7. The quantitative estimate of drug-likeness (QED) is 0.240. The monoisotopic (exact) mass is 523 g/mol. The van der Waals surface area contributed by atoms with E-state index in [9.17, 15) is 35.1 Å². The summed E-state index contributed by atoms with van der Waals surface area (Å²) in [5.41, 5.74) is 2.29. The van der Waals surface area contributed by atoms with Crippen LogP contribution < -0.4 is 10.1 Å². The van der Waals surface area contributed by atoms with Crippen molar-refractivity contribution in [2.24, 2.45) is 0 Å². The van der Waals surface area contributed by atoms with Crippen LogP contribution in [0.3, 0.4) is 0 Å². The Balaban J connectivity index is 1.48. The van der Waals surface area contributed by atoms with E-state index < -0.39 is 55.2 Å². The van der Waals surface area contributed by atoms with Gasteiger partial charge in [0, 0.05) is 17.5 Å². The Labute approximate surface area is 218 Å². The van der Waals surface area contributed by atoms with E-state index in [4.69, 9.17) is 9.47 Å². The van der Waals surface area contributed by atoms with Crippen LogP contribution >= 0.6 is 0 Å². The number of aliphatic carboxylic acids is 1. The van der Waals surface area contributed by atoms with Gasteiger partial charge in [-0.25, -0.2) is 4.79 Å². The number of carbonyl (C=O) groups is 2. The number of aliphatic hydroxyl groups is 4. The normalized spacial score (nSPS) is 23.8. The number of nitrogens with one attached hydrogen (secondary N) is 1. The van der Waals surface area contributed by atoms with Crippen molar-refractivity contribution in [1.82, 2.24) is 5.32 Å². The van der Waals surface area contributed by atoms with Crippen molar-refractivity contribution in [3.05, 3.63) is 90.0 Å². The summed E-state index contributed by atoms with van der Waals surface area (Å²) in [7, 11) is 0. The van der Waals surface area contributed by atoms with Crippen LogP contribution in [-0.4, -0.2) is 80.8 Å². The molecule has 6 N–H and O–H groups in total.